The van der Waals surface area contributed by atoms with Gasteiger partial charge in [0.05, 0.1) is 17.2 Å². The largest absolute Gasteiger partial charge is 0.395 e. The molecule has 0 aliphatic rings. The zero-order valence-corrected chi connectivity index (χ0v) is 8.21. The average molecular weight is 223 g/mol. The van der Waals surface area contributed by atoms with Crippen LogP contribution in [0.15, 0.2) is 23.2 Å². The molecule has 7 nitrogen and oxygen atoms in total. The number of rotatable bonds is 5. The van der Waals surface area contributed by atoms with E-state index in [1.807, 2.05) is 0 Å². The Kier molecular flexibility index (Phi) is 4.14. The fraction of sp³-hybridized carbons (Fsp3) is 0.222. The molecule has 1 aromatic rings. The fourth-order valence-electron chi connectivity index (χ4n) is 1.13. The maximum atomic E-state index is 10.7. The van der Waals surface area contributed by atoms with Crippen molar-refractivity contribution in [3.05, 3.63) is 28.3 Å². The smallest absolute Gasteiger partial charge is 0.294 e. The summed E-state index contributed by atoms with van der Waals surface area (Å²) < 4.78 is 0. The van der Waals surface area contributed by atoms with E-state index in [1.165, 1.54) is 18.2 Å². The van der Waals surface area contributed by atoms with Gasteiger partial charge < -0.3 is 10.4 Å². The Morgan fingerprint density at radius 3 is 2.88 bits per heavy atom. The first kappa shape index (κ1) is 11.8. The second-order valence-corrected chi connectivity index (χ2v) is 2.81. The van der Waals surface area contributed by atoms with Gasteiger partial charge in [0.1, 0.15) is 5.69 Å². The van der Waals surface area contributed by atoms with Crippen LogP contribution >= 0.6 is 0 Å². The minimum atomic E-state index is -0.594. The van der Waals surface area contributed by atoms with Gasteiger partial charge in [-0.2, -0.15) is 4.99 Å². The van der Waals surface area contributed by atoms with Crippen molar-refractivity contribution in [1.29, 1.82) is 0 Å². The van der Waals surface area contributed by atoms with Gasteiger partial charge in [-0.15, -0.1) is 0 Å². The first-order valence-electron chi connectivity index (χ1n) is 4.40. The number of aliphatic imine (C=N–C) groups is 1. The molecule has 1 rings (SSSR count). The highest BCUT2D eigenvalue weighted by molar-refractivity contribution is 5.67. The van der Waals surface area contributed by atoms with Gasteiger partial charge in [-0.25, -0.2) is 4.79 Å². The molecule has 0 aromatic heterocycles. The molecule has 7 heteroatoms. The molecule has 0 saturated heterocycles. The number of carbonyl (C=O) groups excluding carboxylic acids is 1. The number of nitro benzene ring substituents is 1. The van der Waals surface area contributed by atoms with Crippen LogP contribution in [0.3, 0.4) is 0 Å². The molecule has 2 N–H and O–H groups in total. The van der Waals surface area contributed by atoms with E-state index in [0.29, 0.717) is 0 Å². The number of anilines is 1. The van der Waals surface area contributed by atoms with E-state index in [-0.39, 0.29) is 30.2 Å². The second-order valence-electron chi connectivity index (χ2n) is 2.81. The SMILES string of the molecule is O=C=Nc1ccc(NCCO)c([N+](=O)[O-])c1. The molecule has 16 heavy (non-hydrogen) atoms. The molecular formula is C9H9N3O4. The molecular weight excluding hydrogens is 214 g/mol. The molecule has 0 amide bonds. The van der Waals surface area contributed by atoms with Gasteiger partial charge in [-0.3, -0.25) is 10.1 Å². The van der Waals surface area contributed by atoms with Crippen LogP contribution in [0.2, 0.25) is 0 Å². The minimum absolute atomic E-state index is 0.134. The number of isocyanates is 1. The van der Waals surface area contributed by atoms with Crippen LogP contribution in [0.5, 0.6) is 0 Å². The van der Waals surface area contributed by atoms with Crippen LogP contribution in [-0.2, 0) is 4.79 Å². The Morgan fingerprint density at radius 1 is 1.56 bits per heavy atom. The van der Waals surface area contributed by atoms with Crippen LogP contribution in [0, 0.1) is 10.1 Å². The maximum absolute atomic E-state index is 10.7. The number of aliphatic hydroxyl groups is 1. The first-order chi connectivity index (χ1) is 7.69. The van der Waals surface area contributed by atoms with Gasteiger partial charge in [0.15, 0.2) is 0 Å². The third kappa shape index (κ3) is 2.88. The van der Waals surface area contributed by atoms with Crippen molar-refractivity contribution in [2.75, 3.05) is 18.5 Å². The van der Waals surface area contributed by atoms with Gasteiger partial charge in [0.2, 0.25) is 6.08 Å². The normalized spacial score (nSPS) is 9.31. The number of nitro groups is 1. The van der Waals surface area contributed by atoms with Crippen molar-refractivity contribution in [3.8, 4) is 0 Å². The summed E-state index contributed by atoms with van der Waals surface area (Å²) >= 11 is 0. The Bertz CT molecular complexity index is 440. The van der Waals surface area contributed by atoms with Gasteiger partial charge in [-0.1, -0.05) is 0 Å². The van der Waals surface area contributed by atoms with E-state index in [1.54, 1.807) is 0 Å². The third-order valence-corrected chi connectivity index (χ3v) is 1.78. The van der Waals surface area contributed by atoms with Gasteiger partial charge in [0, 0.05) is 12.6 Å². The topological polar surface area (TPSA) is 105 Å². The Balaban J connectivity index is 3.08. The number of nitrogens with zero attached hydrogens (tertiary/aromatic N) is 2. The second kappa shape index (κ2) is 5.59. The highest BCUT2D eigenvalue weighted by Gasteiger charge is 2.13. The molecule has 0 fully saturated rings. The lowest BCUT2D eigenvalue weighted by Gasteiger charge is -2.05. The summed E-state index contributed by atoms with van der Waals surface area (Å²) in [6, 6.07) is 4.02. The molecule has 0 unspecified atom stereocenters. The van der Waals surface area contributed by atoms with Crippen LogP contribution in [-0.4, -0.2) is 29.3 Å². The zero-order valence-electron chi connectivity index (χ0n) is 8.21. The molecule has 84 valence electrons. The predicted octanol–water partition coefficient (Wildman–Crippen LogP) is 0.966. The highest BCUT2D eigenvalue weighted by Crippen LogP contribution is 2.28. The van der Waals surface area contributed by atoms with Crippen molar-refractivity contribution >= 4 is 23.1 Å². The molecule has 0 bridgehead atoms. The fourth-order valence-corrected chi connectivity index (χ4v) is 1.13. The van der Waals surface area contributed by atoms with E-state index in [2.05, 4.69) is 10.3 Å². The van der Waals surface area contributed by atoms with E-state index in [0.717, 1.165) is 6.07 Å². The molecule has 1 aromatic carbocycles. The maximum Gasteiger partial charge on any atom is 0.294 e. The summed E-state index contributed by atoms with van der Waals surface area (Å²) in [7, 11) is 0. The van der Waals surface area contributed by atoms with Gasteiger partial charge in [-0.05, 0) is 12.1 Å². The van der Waals surface area contributed by atoms with Crippen LogP contribution < -0.4 is 5.32 Å². The van der Waals surface area contributed by atoms with E-state index in [9.17, 15) is 14.9 Å². The standard InChI is InChI=1S/C9H9N3O4/c13-4-3-10-8-2-1-7(11-6-14)5-9(8)12(15)16/h1-2,5,10,13H,3-4H2. The van der Waals surface area contributed by atoms with E-state index >= 15 is 0 Å². The first-order valence-corrected chi connectivity index (χ1v) is 4.40. The molecule has 0 aliphatic carbocycles. The molecule has 0 heterocycles. The van der Waals surface area contributed by atoms with Crippen molar-refractivity contribution in [2.24, 2.45) is 4.99 Å². The third-order valence-electron chi connectivity index (χ3n) is 1.78. The van der Waals surface area contributed by atoms with Crippen molar-refractivity contribution in [3.63, 3.8) is 0 Å². The highest BCUT2D eigenvalue weighted by atomic mass is 16.6. The van der Waals surface area contributed by atoms with Crippen molar-refractivity contribution in [1.82, 2.24) is 0 Å². The summed E-state index contributed by atoms with van der Waals surface area (Å²) in [5, 5.41) is 22.0. The van der Waals surface area contributed by atoms with E-state index in [4.69, 9.17) is 5.11 Å². The van der Waals surface area contributed by atoms with Crippen molar-refractivity contribution < 1.29 is 14.8 Å². The number of aliphatic hydroxyl groups excluding tert-OH is 1. The van der Waals surface area contributed by atoms with Gasteiger partial charge >= 0.3 is 0 Å². The van der Waals surface area contributed by atoms with Crippen LogP contribution in [0.25, 0.3) is 0 Å². The molecule has 0 radical (unpaired) electrons. The van der Waals surface area contributed by atoms with Crippen molar-refractivity contribution in [2.45, 2.75) is 0 Å². The van der Waals surface area contributed by atoms with Gasteiger partial charge in [0.25, 0.3) is 5.69 Å². The van der Waals surface area contributed by atoms with Crippen LogP contribution in [0.1, 0.15) is 0 Å². The molecule has 0 spiro atoms. The Morgan fingerprint density at radius 2 is 2.31 bits per heavy atom. The quantitative estimate of drug-likeness (QED) is 0.335. The predicted molar refractivity (Wildman–Crippen MR) is 56.5 cm³/mol. The number of nitrogens with one attached hydrogen (secondary N) is 1. The Labute approximate surface area is 90.6 Å². The number of benzene rings is 1. The monoisotopic (exact) mass is 223 g/mol. The average Bonchev–Trinajstić information content (AvgIpc) is 2.27. The lowest BCUT2D eigenvalue weighted by molar-refractivity contribution is -0.383. The van der Waals surface area contributed by atoms with Crippen LogP contribution in [0.4, 0.5) is 17.1 Å². The summed E-state index contributed by atoms with van der Waals surface area (Å²) in [5.74, 6) is 0. The number of hydrogen-bond acceptors (Lipinski definition) is 6. The lowest BCUT2D eigenvalue weighted by Crippen LogP contribution is -2.07. The summed E-state index contributed by atoms with van der Waals surface area (Å²) in [5.41, 5.74) is 0.227. The Hall–Kier alpha value is -2.24. The molecule has 0 aliphatic heterocycles. The minimum Gasteiger partial charge on any atom is -0.395 e. The summed E-state index contributed by atoms with van der Waals surface area (Å²) in [6.07, 6.45) is 1.30. The zero-order chi connectivity index (χ0) is 12.0. The lowest BCUT2D eigenvalue weighted by atomic mass is 10.2. The van der Waals surface area contributed by atoms with E-state index < -0.39 is 4.92 Å². The molecule has 0 saturated carbocycles. The summed E-state index contributed by atoms with van der Waals surface area (Å²) in [4.78, 5) is 23.4. The molecule has 0 atom stereocenters. The summed E-state index contributed by atoms with van der Waals surface area (Å²) in [6.45, 7) is 0.0720. The number of hydrogen-bond donors (Lipinski definition) is 2.